The van der Waals surface area contributed by atoms with Gasteiger partial charge < -0.3 is 4.90 Å². The van der Waals surface area contributed by atoms with Crippen LogP contribution in [-0.4, -0.2) is 49.0 Å². The van der Waals surface area contributed by atoms with Crippen LogP contribution in [-0.2, 0) is 0 Å². The van der Waals surface area contributed by atoms with Crippen molar-refractivity contribution in [2.45, 2.75) is 13.8 Å². The summed E-state index contributed by atoms with van der Waals surface area (Å²) in [5, 5.41) is 2.00. The number of likely N-dealkylation sites (N-methyl/N-ethyl adjacent to an activating group) is 1. The first kappa shape index (κ1) is 13.1. The molecular formula is C14H21N3O. The molecule has 18 heavy (non-hydrogen) atoms. The van der Waals surface area contributed by atoms with E-state index in [9.17, 15) is 4.79 Å². The lowest BCUT2D eigenvalue weighted by atomic mass is 10.1. The van der Waals surface area contributed by atoms with Crippen molar-refractivity contribution >= 4 is 5.91 Å². The van der Waals surface area contributed by atoms with Crippen LogP contribution in [0.2, 0.25) is 0 Å². The SMILES string of the molecule is Cc1cc(C)cc(C(=O)NN2CCN(C)CC2)c1. The molecule has 0 atom stereocenters. The smallest absolute Gasteiger partial charge is 0.265 e. The Morgan fingerprint density at radius 1 is 1.06 bits per heavy atom. The molecule has 2 rings (SSSR count). The third-order valence-corrected chi connectivity index (χ3v) is 3.25. The maximum Gasteiger partial charge on any atom is 0.265 e. The number of nitrogens with one attached hydrogen (secondary N) is 1. The van der Waals surface area contributed by atoms with Gasteiger partial charge in [-0.05, 0) is 33.0 Å². The number of aryl methyl sites for hydroxylation is 2. The zero-order chi connectivity index (χ0) is 13.1. The zero-order valence-corrected chi connectivity index (χ0v) is 11.4. The number of carbonyl (C=O) groups excluding carboxylic acids is 1. The van der Waals surface area contributed by atoms with E-state index in [1.807, 2.05) is 31.0 Å². The van der Waals surface area contributed by atoms with E-state index in [4.69, 9.17) is 0 Å². The summed E-state index contributed by atoms with van der Waals surface area (Å²) >= 11 is 0. The van der Waals surface area contributed by atoms with Crippen LogP contribution >= 0.6 is 0 Å². The number of carbonyl (C=O) groups is 1. The average Bonchev–Trinajstić information content (AvgIpc) is 2.31. The predicted molar refractivity (Wildman–Crippen MR) is 72.5 cm³/mol. The minimum Gasteiger partial charge on any atom is -0.304 e. The number of amides is 1. The van der Waals surface area contributed by atoms with Crippen LogP contribution in [0.25, 0.3) is 0 Å². The number of hydrogen-bond acceptors (Lipinski definition) is 3. The third kappa shape index (κ3) is 3.31. The topological polar surface area (TPSA) is 35.6 Å². The number of hydrogen-bond donors (Lipinski definition) is 1. The summed E-state index contributed by atoms with van der Waals surface area (Å²) in [6.45, 7) is 7.78. The second kappa shape index (κ2) is 5.50. The summed E-state index contributed by atoms with van der Waals surface area (Å²) in [6, 6.07) is 5.93. The number of rotatable bonds is 2. The molecule has 1 heterocycles. The van der Waals surface area contributed by atoms with Gasteiger partial charge >= 0.3 is 0 Å². The van der Waals surface area contributed by atoms with Crippen molar-refractivity contribution < 1.29 is 4.79 Å². The van der Waals surface area contributed by atoms with E-state index in [1.54, 1.807) is 0 Å². The minimum absolute atomic E-state index is 0.00801. The van der Waals surface area contributed by atoms with Crippen LogP contribution in [0, 0.1) is 13.8 Å². The lowest BCUT2D eigenvalue weighted by Crippen LogP contribution is -2.52. The highest BCUT2D eigenvalue weighted by Crippen LogP contribution is 2.09. The molecule has 4 heteroatoms. The average molecular weight is 247 g/mol. The van der Waals surface area contributed by atoms with Crippen molar-refractivity contribution in [2.75, 3.05) is 33.2 Å². The molecular weight excluding hydrogens is 226 g/mol. The molecule has 0 unspecified atom stereocenters. The molecule has 1 amide bonds. The molecule has 0 saturated carbocycles. The Bertz CT molecular complexity index is 416. The Balaban J connectivity index is 1.99. The second-order valence-electron chi connectivity index (χ2n) is 5.11. The van der Waals surface area contributed by atoms with Gasteiger partial charge in [-0.25, -0.2) is 5.01 Å². The van der Waals surface area contributed by atoms with Gasteiger partial charge in [0.2, 0.25) is 0 Å². The van der Waals surface area contributed by atoms with Gasteiger partial charge in [0.15, 0.2) is 0 Å². The molecule has 0 spiro atoms. The summed E-state index contributed by atoms with van der Waals surface area (Å²) in [7, 11) is 2.10. The van der Waals surface area contributed by atoms with Crippen LogP contribution in [0.5, 0.6) is 0 Å². The van der Waals surface area contributed by atoms with Crippen molar-refractivity contribution in [3.05, 3.63) is 34.9 Å². The summed E-state index contributed by atoms with van der Waals surface area (Å²) in [5.74, 6) is -0.00801. The van der Waals surface area contributed by atoms with Crippen LogP contribution < -0.4 is 5.43 Å². The van der Waals surface area contributed by atoms with Gasteiger partial charge in [-0.3, -0.25) is 10.2 Å². The minimum atomic E-state index is -0.00801. The lowest BCUT2D eigenvalue weighted by Gasteiger charge is -2.32. The van der Waals surface area contributed by atoms with Gasteiger partial charge in [0.05, 0.1) is 0 Å². The highest BCUT2D eigenvalue weighted by atomic mass is 16.2. The highest BCUT2D eigenvalue weighted by molar-refractivity contribution is 5.94. The molecule has 1 aliphatic heterocycles. The first-order chi connectivity index (χ1) is 8.54. The lowest BCUT2D eigenvalue weighted by molar-refractivity contribution is 0.0662. The fraction of sp³-hybridized carbons (Fsp3) is 0.500. The van der Waals surface area contributed by atoms with Crippen LogP contribution in [0.15, 0.2) is 18.2 Å². The number of piperazine rings is 1. The fourth-order valence-corrected chi connectivity index (χ4v) is 2.23. The van der Waals surface area contributed by atoms with E-state index < -0.39 is 0 Å². The van der Waals surface area contributed by atoms with E-state index >= 15 is 0 Å². The van der Waals surface area contributed by atoms with E-state index in [-0.39, 0.29) is 5.91 Å². The Labute approximate surface area is 109 Å². The molecule has 4 nitrogen and oxygen atoms in total. The molecule has 0 aliphatic carbocycles. The molecule has 1 N–H and O–H groups in total. The van der Waals surface area contributed by atoms with E-state index in [0.29, 0.717) is 0 Å². The molecule has 1 aliphatic rings. The summed E-state index contributed by atoms with van der Waals surface area (Å²) in [4.78, 5) is 14.4. The first-order valence-electron chi connectivity index (χ1n) is 6.37. The van der Waals surface area contributed by atoms with Crippen molar-refractivity contribution in [3.63, 3.8) is 0 Å². The first-order valence-corrected chi connectivity index (χ1v) is 6.37. The molecule has 1 fully saturated rings. The second-order valence-corrected chi connectivity index (χ2v) is 5.11. The largest absolute Gasteiger partial charge is 0.304 e. The third-order valence-electron chi connectivity index (χ3n) is 3.25. The summed E-state index contributed by atoms with van der Waals surface area (Å²) in [5.41, 5.74) is 5.97. The maximum atomic E-state index is 12.1. The predicted octanol–water partition coefficient (Wildman–Crippen LogP) is 1.20. The van der Waals surface area contributed by atoms with Crippen LogP contribution in [0.4, 0.5) is 0 Å². The normalized spacial score (nSPS) is 17.7. The zero-order valence-electron chi connectivity index (χ0n) is 11.4. The van der Waals surface area contributed by atoms with Gasteiger partial charge in [-0.15, -0.1) is 0 Å². The van der Waals surface area contributed by atoms with Gasteiger partial charge in [0.1, 0.15) is 0 Å². The Morgan fingerprint density at radius 3 is 2.17 bits per heavy atom. The Kier molecular flexibility index (Phi) is 3.99. The van der Waals surface area contributed by atoms with Crippen LogP contribution in [0.3, 0.4) is 0 Å². The molecule has 0 aromatic heterocycles. The molecule has 1 aromatic rings. The Morgan fingerprint density at radius 2 is 1.61 bits per heavy atom. The monoisotopic (exact) mass is 247 g/mol. The molecule has 0 bridgehead atoms. The maximum absolute atomic E-state index is 12.1. The summed E-state index contributed by atoms with van der Waals surface area (Å²) < 4.78 is 0. The van der Waals surface area contributed by atoms with E-state index in [1.165, 1.54) is 0 Å². The molecule has 98 valence electrons. The quantitative estimate of drug-likeness (QED) is 0.853. The van der Waals surface area contributed by atoms with E-state index in [0.717, 1.165) is 42.9 Å². The summed E-state index contributed by atoms with van der Waals surface area (Å²) in [6.07, 6.45) is 0. The molecule has 1 saturated heterocycles. The van der Waals surface area contributed by atoms with E-state index in [2.05, 4.69) is 23.4 Å². The fourth-order valence-electron chi connectivity index (χ4n) is 2.23. The molecule has 0 radical (unpaired) electrons. The molecule has 1 aromatic carbocycles. The number of nitrogens with zero attached hydrogens (tertiary/aromatic N) is 2. The number of hydrazine groups is 1. The Hall–Kier alpha value is -1.39. The standard InChI is InChI=1S/C14H21N3O/c1-11-8-12(2)10-13(9-11)14(18)15-17-6-4-16(3)5-7-17/h8-10H,4-7H2,1-3H3,(H,15,18). The van der Waals surface area contributed by atoms with Crippen molar-refractivity contribution in [1.29, 1.82) is 0 Å². The van der Waals surface area contributed by atoms with Gasteiger partial charge in [-0.2, -0.15) is 0 Å². The van der Waals surface area contributed by atoms with Gasteiger partial charge in [0, 0.05) is 31.7 Å². The van der Waals surface area contributed by atoms with Gasteiger partial charge in [0.25, 0.3) is 5.91 Å². The van der Waals surface area contributed by atoms with Gasteiger partial charge in [-0.1, -0.05) is 17.2 Å². The van der Waals surface area contributed by atoms with Crippen molar-refractivity contribution in [1.82, 2.24) is 15.3 Å². The highest BCUT2D eigenvalue weighted by Gasteiger charge is 2.16. The van der Waals surface area contributed by atoms with Crippen molar-refractivity contribution in [3.8, 4) is 0 Å². The van der Waals surface area contributed by atoms with Crippen molar-refractivity contribution in [2.24, 2.45) is 0 Å². The van der Waals surface area contributed by atoms with Crippen LogP contribution in [0.1, 0.15) is 21.5 Å². The number of benzene rings is 1.